The lowest BCUT2D eigenvalue weighted by atomic mass is 9.80. The molecule has 1 fully saturated rings. The largest absolute Gasteiger partial charge is 0.207 e. The number of hydrogen-bond donors (Lipinski definition) is 0. The summed E-state index contributed by atoms with van der Waals surface area (Å²) in [7, 11) is 0. The summed E-state index contributed by atoms with van der Waals surface area (Å²) in [5, 5.41) is 0. The van der Waals surface area contributed by atoms with Gasteiger partial charge in [-0.25, -0.2) is 8.78 Å². The zero-order valence-corrected chi connectivity index (χ0v) is 9.68. The van der Waals surface area contributed by atoms with E-state index in [1.807, 2.05) is 0 Å². The van der Waals surface area contributed by atoms with Crippen LogP contribution in [0.3, 0.4) is 0 Å². The van der Waals surface area contributed by atoms with Crippen LogP contribution < -0.4 is 0 Å². The fourth-order valence-corrected chi connectivity index (χ4v) is 2.53. The Morgan fingerprint density at radius 2 is 1.81 bits per heavy atom. The molecule has 1 aliphatic rings. The molecule has 0 bridgehead atoms. The maximum Gasteiger partial charge on any atom is 0.129 e. The van der Waals surface area contributed by atoms with Crippen LogP contribution in [-0.4, -0.2) is 0 Å². The second-order valence-corrected chi connectivity index (χ2v) is 5.07. The molecule has 1 aromatic carbocycles. The maximum atomic E-state index is 13.4. The molecule has 0 saturated heterocycles. The van der Waals surface area contributed by atoms with Gasteiger partial charge in [0.1, 0.15) is 11.6 Å². The van der Waals surface area contributed by atoms with Crippen LogP contribution in [0.25, 0.3) is 0 Å². The average Bonchev–Trinajstić information content (AvgIpc) is 2.25. The van der Waals surface area contributed by atoms with Crippen molar-refractivity contribution < 1.29 is 8.78 Å². The zero-order chi connectivity index (χ0) is 11.5. The molecule has 1 saturated carbocycles. The van der Waals surface area contributed by atoms with E-state index in [1.165, 1.54) is 31.7 Å². The van der Waals surface area contributed by atoms with Gasteiger partial charge in [-0.05, 0) is 42.7 Å². The molecule has 0 amide bonds. The Morgan fingerprint density at radius 3 is 2.44 bits per heavy atom. The van der Waals surface area contributed by atoms with Crippen molar-refractivity contribution in [3.63, 3.8) is 0 Å². The van der Waals surface area contributed by atoms with E-state index in [0.717, 1.165) is 18.4 Å². The average molecular weight is 224 g/mol. The lowest BCUT2D eigenvalue weighted by molar-refractivity contribution is 0.287. The molecule has 0 spiro atoms. The van der Waals surface area contributed by atoms with Crippen LogP contribution in [0.15, 0.2) is 18.2 Å². The predicted molar refractivity (Wildman–Crippen MR) is 61.2 cm³/mol. The third kappa shape index (κ3) is 2.81. The molecule has 0 heterocycles. The van der Waals surface area contributed by atoms with E-state index < -0.39 is 11.6 Å². The summed E-state index contributed by atoms with van der Waals surface area (Å²) in [4.78, 5) is 0. The van der Waals surface area contributed by atoms with Crippen molar-refractivity contribution >= 4 is 0 Å². The number of halogens is 2. The molecule has 0 aliphatic heterocycles. The van der Waals surface area contributed by atoms with Gasteiger partial charge in [-0.2, -0.15) is 0 Å². The third-order valence-corrected chi connectivity index (χ3v) is 3.66. The molecule has 0 N–H and O–H groups in total. The van der Waals surface area contributed by atoms with Crippen LogP contribution in [0.2, 0.25) is 0 Å². The Bertz CT molecular complexity index is 352. The quantitative estimate of drug-likeness (QED) is 0.701. The summed E-state index contributed by atoms with van der Waals surface area (Å²) in [6, 6.07) is 3.92. The minimum Gasteiger partial charge on any atom is -0.207 e. The van der Waals surface area contributed by atoms with Gasteiger partial charge in [-0.3, -0.25) is 0 Å². The van der Waals surface area contributed by atoms with E-state index in [2.05, 4.69) is 6.92 Å². The highest BCUT2D eigenvalue weighted by atomic mass is 19.1. The van der Waals surface area contributed by atoms with Crippen molar-refractivity contribution in [2.24, 2.45) is 11.8 Å². The van der Waals surface area contributed by atoms with E-state index in [4.69, 9.17) is 0 Å². The van der Waals surface area contributed by atoms with E-state index in [-0.39, 0.29) is 0 Å². The van der Waals surface area contributed by atoms with Gasteiger partial charge in [-0.15, -0.1) is 0 Å². The third-order valence-electron chi connectivity index (χ3n) is 3.66. The van der Waals surface area contributed by atoms with Crippen LogP contribution in [0.1, 0.15) is 38.2 Å². The topological polar surface area (TPSA) is 0 Å². The van der Waals surface area contributed by atoms with Crippen LogP contribution in [0.4, 0.5) is 8.78 Å². The molecule has 88 valence electrons. The summed E-state index contributed by atoms with van der Waals surface area (Å²) in [6.45, 7) is 2.27. The molecule has 0 aromatic heterocycles. The molecule has 16 heavy (non-hydrogen) atoms. The summed E-state index contributed by atoms with van der Waals surface area (Å²) < 4.78 is 26.2. The summed E-state index contributed by atoms with van der Waals surface area (Å²) >= 11 is 0. The number of rotatable bonds is 2. The molecule has 0 nitrogen and oxygen atoms in total. The first kappa shape index (κ1) is 11.6. The molecular formula is C14H18F2. The molecule has 1 aliphatic carbocycles. The first-order valence-corrected chi connectivity index (χ1v) is 6.09. The molecule has 0 atom stereocenters. The number of benzene rings is 1. The standard InChI is InChI=1S/C14H18F2/c1-10-2-4-11(5-3-10)8-12-6-7-13(15)9-14(12)16/h6-7,9-11H,2-5,8H2,1H3. The van der Waals surface area contributed by atoms with Gasteiger partial charge in [0.2, 0.25) is 0 Å². The Labute approximate surface area is 95.7 Å². The molecule has 0 radical (unpaired) electrons. The SMILES string of the molecule is CC1CCC(Cc2ccc(F)cc2F)CC1. The van der Waals surface area contributed by atoms with Gasteiger partial charge >= 0.3 is 0 Å². The highest BCUT2D eigenvalue weighted by Gasteiger charge is 2.19. The lowest BCUT2D eigenvalue weighted by Gasteiger charge is -2.26. The number of hydrogen-bond acceptors (Lipinski definition) is 0. The Balaban J connectivity index is 1.98. The first-order valence-electron chi connectivity index (χ1n) is 6.09. The predicted octanol–water partition coefficient (Wildman–Crippen LogP) is 4.33. The molecule has 0 unspecified atom stereocenters. The minimum atomic E-state index is -0.487. The van der Waals surface area contributed by atoms with Crippen molar-refractivity contribution in [3.05, 3.63) is 35.4 Å². The molecular weight excluding hydrogens is 206 g/mol. The Hall–Kier alpha value is -0.920. The van der Waals surface area contributed by atoms with Crippen molar-refractivity contribution in [1.82, 2.24) is 0 Å². The van der Waals surface area contributed by atoms with E-state index in [0.29, 0.717) is 11.5 Å². The van der Waals surface area contributed by atoms with Crippen molar-refractivity contribution in [1.29, 1.82) is 0 Å². The zero-order valence-electron chi connectivity index (χ0n) is 9.68. The summed E-state index contributed by atoms with van der Waals surface area (Å²) in [5.74, 6) is 0.516. The second kappa shape index (κ2) is 4.94. The lowest BCUT2D eigenvalue weighted by Crippen LogP contribution is -2.15. The monoisotopic (exact) mass is 224 g/mol. The van der Waals surface area contributed by atoms with Crippen molar-refractivity contribution in [2.45, 2.75) is 39.0 Å². The molecule has 1 aromatic rings. The van der Waals surface area contributed by atoms with Crippen LogP contribution in [0.5, 0.6) is 0 Å². The van der Waals surface area contributed by atoms with Gasteiger partial charge in [0.25, 0.3) is 0 Å². The second-order valence-electron chi connectivity index (χ2n) is 5.07. The van der Waals surface area contributed by atoms with Crippen LogP contribution in [0, 0.1) is 23.5 Å². The van der Waals surface area contributed by atoms with E-state index in [1.54, 1.807) is 6.07 Å². The van der Waals surface area contributed by atoms with Gasteiger partial charge in [0.15, 0.2) is 0 Å². The van der Waals surface area contributed by atoms with Crippen LogP contribution in [-0.2, 0) is 6.42 Å². The van der Waals surface area contributed by atoms with Gasteiger partial charge in [0, 0.05) is 6.07 Å². The molecule has 2 rings (SSSR count). The normalized spacial score (nSPS) is 25.7. The minimum absolute atomic E-state index is 0.390. The Kier molecular flexibility index (Phi) is 3.57. The fourth-order valence-electron chi connectivity index (χ4n) is 2.53. The van der Waals surface area contributed by atoms with E-state index in [9.17, 15) is 8.78 Å². The summed E-state index contributed by atoms with van der Waals surface area (Å²) in [6.07, 6.45) is 5.61. The van der Waals surface area contributed by atoms with Gasteiger partial charge < -0.3 is 0 Å². The summed E-state index contributed by atoms with van der Waals surface area (Å²) in [5.41, 5.74) is 0.668. The van der Waals surface area contributed by atoms with Gasteiger partial charge in [0.05, 0.1) is 0 Å². The van der Waals surface area contributed by atoms with Gasteiger partial charge in [-0.1, -0.05) is 25.8 Å². The van der Waals surface area contributed by atoms with E-state index >= 15 is 0 Å². The smallest absolute Gasteiger partial charge is 0.129 e. The maximum absolute atomic E-state index is 13.4. The molecule has 2 heteroatoms. The highest BCUT2D eigenvalue weighted by molar-refractivity contribution is 5.19. The highest BCUT2D eigenvalue weighted by Crippen LogP contribution is 2.31. The fraction of sp³-hybridized carbons (Fsp3) is 0.571. The van der Waals surface area contributed by atoms with Crippen molar-refractivity contribution in [2.75, 3.05) is 0 Å². The first-order chi connectivity index (χ1) is 7.65. The van der Waals surface area contributed by atoms with Crippen LogP contribution >= 0.6 is 0 Å². The van der Waals surface area contributed by atoms with Crippen molar-refractivity contribution in [3.8, 4) is 0 Å². The Morgan fingerprint density at radius 1 is 1.12 bits per heavy atom.